The number of aliphatic hydroxyl groups excluding tert-OH is 10. The topological polar surface area (TPSA) is 313 Å². The van der Waals surface area contributed by atoms with Crippen LogP contribution < -0.4 is 0 Å². The van der Waals surface area contributed by atoms with Crippen molar-refractivity contribution in [2.75, 3.05) is 19.8 Å². The summed E-state index contributed by atoms with van der Waals surface area (Å²) in [6.07, 6.45) is -18.0. The SMILES string of the molecule is CC1OC(OC2C(O)C(C)OC(OC3C(OC4CCC5(C)C(CCC6(C)C5CC=C5C7CC(C)(C)CCC7(C(=O)O)CCC56C)C4(C)CO)OCC(O)C3O)C2O)C(O)C(OC2OCC(O)C(O)C2O)C1O. The number of carboxylic acids is 1. The van der Waals surface area contributed by atoms with Gasteiger partial charge in [-0.1, -0.05) is 53.2 Å². The van der Waals surface area contributed by atoms with Crippen LogP contribution in [0.15, 0.2) is 11.6 Å². The molecule has 27 unspecified atom stereocenters. The summed E-state index contributed by atoms with van der Waals surface area (Å²) in [6, 6.07) is 0. The zero-order valence-electron chi connectivity index (χ0n) is 43.1. The van der Waals surface area contributed by atoms with E-state index in [0.29, 0.717) is 19.3 Å². The molecular formula is C52H84O20. The molecule has 0 bridgehead atoms. The molecule has 20 nitrogen and oxygen atoms in total. The van der Waals surface area contributed by atoms with Crippen LogP contribution in [0.2, 0.25) is 0 Å². The molecule has 412 valence electrons. The van der Waals surface area contributed by atoms with E-state index in [0.717, 1.165) is 44.9 Å². The summed E-state index contributed by atoms with van der Waals surface area (Å²) in [7, 11) is 0. The van der Waals surface area contributed by atoms with E-state index in [1.165, 1.54) is 19.4 Å². The first-order valence-electron chi connectivity index (χ1n) is 26.5. The first-order valence-corrected chi connectivity index (χ1v) is 26.5. The normalized spacial score (nSPS) is 55.6. The van der Waals surface area contributed by atoms with Gasteiger partial charge in [0.15, 0.2) is 25.2 Å². The van der Waals surface area contributed by atoms with Gasteiger partial charge in [-0.15, -0.1) is 0 Å². The van der Waals surface area contributed by atoms with Gasteiger partial charge in [0, 0.05) is 5.41 Å². The molecule has 4 saturated carbocycles. The molecule has 9 aliphatic rings. The maximum Gasteiger partial charge on any atom is 0.310 e. The summed E-state index contributed by atoms with van der Waals surface area (Å²) in [6.45, 7) is 15.8. The third-order valence-electron chi connectivity index (χ3n) is 20.8. The van der Waals surface area contributed by atoms with E-state index >= 15 is 0 Å². The summed E-state index contributed by atoms with van der Waals surface area (Å²) in [5, 5.41) is 121. The van der Waals surface area contributed by atoms with E-state index in [1.807, 2.05) is 6.92 Å². The van der Waals surface area contributed by atoms with Gasteiger partial charge < -0.3 is 94.1 Å². The quantitative estimate of drug-likeness (QED) is 0.107. The van der Waals surface area contributed by atoms with Crippen molar-refractivity contribution < 1.29 is 98.9 Å². The maximum absolute atomic E-state index is 13.2. The predicted molar refractivity (Wildman–Crippen MR) is 250 cm³/mol. The molecule has 72 heavy (non-hydrogen) atoms. The highest BCUT2D eigenvalue weighted by molar-refractivity contribution is 5.76. The Hall–Kier alpha value is -1.51. The maximum atomic E-state index is 13.2. The van der Waals surface area contributed by atoms with Crippen molar-refractivity contribution in [3.63, 3.8) is 0 Å². The highest BCUT2D eigenvalue weighted by atomic mass is 16.8. The second-order valence-electron chi connectivity index (χ2n) is 25.2. The Morgan fingerprint density at radius 1 is 0.611 bits per heavy atom. The molecule has 0 aromatic heterocycles. The minimum Gasteiger partial charge on any atom is -0.481 e. The minimum absolute atomic E-state index is 0.00570. The number of ether oxygens (including phenoxy) is 8. The molecule has 0 aromatic rings. The van der Waals surface area contributed by atoms with Crippen molar-refractivity contribution in [3.8, 4) is 0 Å². The highest BCUT2D eigenvalue weighted by Crippen LogP contribution is 2.76. The fourth-order valence-electron chi connectivity index (χ4n) is 16.0. The van der Waals surface area contributed by atoms with Crippen LogP contribution in [-0.4, -0.2) is 199 Å². The average Bonchev–Trinajstić information content (AvgIpc) is 3.32. The number of hydrogen-bond donors (Lipinski definition) is 11. The van der Waals surface area contributed by atoms with Gasteiger partial charge in [-0.2, -0.15) is 0 Å². The number of allylic oxidation sites excluding steroid dienone is 2. The van der Waals surface area contributed by atoms with E-state index in [4.69, 9.17) is 37.9 Å². The Balaban J connectivity index is 0.912. The van der Waals surface area contributed by atoms with E-state index in [1.54, 1.807) is 0 Å². The van der Waals surface area contributed by atoms with Gasteiger partial charge in [0.05, 0.1) is 43.5 Å². The number of hydrogen-bond acceptors (Lipinski definition) is 19. The smallest absolute Gasteiger partial charge is 0.310 e. The first-order chi connectivity index (χ1) is 33.7. The Morgan fingerprint density at radius 3 is 1.76 bits per heavy atom. The summed E-state index contributed by atoms with van der Waals surface area (Å²) >= 11 is 0. The molecule has 8 fully saturated rings. The molecule has 0 radical (unpaired) electrons. The van der Waals surface area contributed by atoms with Gasteiger partial charge in [-0.25, -0.2) is 0 Å². The molecule has 4 saturated heterocycles. The molecule has 9 rings (SSSR count). The Bertz CT molecular complexity index is 1990. The molecule has 4 heterocycles. The number of carboxylic acid groups (broad SMARTS) is 1. The van der Waals surface area contributed by atoms with E-state index in [2.05, 4.69) is 40.7 Å². The van der Waals surface area contributed by atoms with E-state index in [9.17, 15) is 61.0 Å². The van der Waals surface area contributed by atoms with Crippen LogP contribution in [0.4, 0.5) is 0 Å². The standard InChI is InChI=1S/C52H84O20/c1-23-32(56)39(70-42-36(60)34(58)27(54)20-65-42)37(61)43(67-23)71-40-33(57)24(2)68-44(38(40)62)72-41-35(59)28(55)21-66-45(41)69-31-12-13-48(5)29(49(31,6)22-53)11-14-51(8)30(48)10-9-25-26-19-47(3,4)15-17-52(26,46(63)64)18-16-50(25,51)7/h9,23-24,26-45,53-62H,10-22H2,1-8H3,(H,63,64). The molecular weight excluding hydrogens is 945 g/mol. The van der Waals surface area contributed by atoms with E-state index in [-0.39, 0.29) is 52.6 Å². The lowest BCUT2D eigenvalue weighted by atomic mass is 9.33. The largest absolute Gasteiger partial charge is 0.481 e. The summed E-state index contributed by atoms with van der Waals surface area (Å²) in [5.41, 5.74) is -0.720. The number of aliphatic carboxylic acids is 1. The van der Waals surface area contributed by atoms with Crippen LogP contribution in [0.5, 0.6) is 0 Å². The van der Waals surface area contributed by atoms with Gasteiger partial charge in [0.2, 0.25) is 0 Å². The number of fused-ring (bicyclic) bond motifs is 7. The van der Waals surface area contributed by atoms with Crippen LogP contribution in [0, 0.1) is 50.2 Å². The number of rotatable bonds is 10. The van der Waals surface area contributed by atoms with Crippen LogP contribution in [0.3, 0.4) is 0 Å². The molecule has 20 heteroatoms. The van der Waals surface area contributed by atoms with Crippen LogP contribution in [-0.2, 0) is 42.7 Å². The van der Waals surface area contributed by atoms with Crippen molar-refractivity contribution in [1.82, 2.24) is 0 Å². The van der Waals surface area contributed by atoms with Gasteiger partial charge in [-0.3, -0.25) is 4.79 Å². The third-order valence-corrected chi connectivity index (χ3v) is 20.8. The molecule has 0 spiro atoms. The lowest BCUT2D eigenvalue weighted by molar-refractivity contribution is -0.387. The Kier molecular flexibility index (Phi) is 15.2. The summed E-state index contributed by atoms with van der Waals surface area (Å²) < 4.78 is 48.0. The van der Waals surface area contributed by atoms with Gasteiger partial charge in [-0.05, 0) is 117 Å². The summed E-state index contributed by atoms with van der Waals surface area (Å²) in [5.74, 6) is -0.448. The molecule has 27 atom stereocenters. The van der Waals surface area contributed by atoms with Crippen molar-refractivity contribution in [3.05, 3.63) is 11.6 Å². The Labute approximate surface area is 421 Å². The zero-order chi connectivity index (χ0) is 52.4. The molecule has 0 aromatic carbocycles. The highest BCUT2D eigenvalue weighted by Gasteiger charge is 2.70. The van der Waals surface area contributed by atoms with Crippen molar-refractivity contribution in [1.29, 1.82) is 0 Å². The first kappa shape index (κ1) is 55.3. The van der Waals surface area contributed by atoms with Crippen molar-refractivity contribution in [2.24, 2.45) is 50.2 Å². The molecule has 0 amide bonds. The second-order valence-corrected chi connectivity index (χ2v) is 25.2. The molecule has 11 N–H and O–H groups in total. The minimum atomic E-state index is -1.84. The molecule has 4 aliphatic heterocycles. The van der Waals surface area contributed by atoms with Crippen molar-refractivity contribution >= 4 is 5.97 Å². The summed E-state index contributed by atoms with van der Waals surface area (Å²) in [4.78, 5) is 13.2. The van der Waals surface area contributed by atoms with E-state index < -0.39 is 140 Å². The van der Waals surface area contributed by atoms with Gasteiger partial charge >= 0.3 is 5.97 Å². The molecule has 5 aliphatic carbocycles. The number of carbonyl (C=O) groups is 1. The lowest BCUT2D eigenvalue weighted by Gasteiger charge is -2.71. The monoisotopic (exact) mass is 1030 g/mol. The Morgan fingerprint density at radius 2 is 1.17 bits per heavy atom. The fraction of sp³-hybridized carbons (Fsp3) is 0.942. The average molecular weight is 1030 g/mol. The fourth-order valence-corrected chi connectivity index (χ4v) is 16.0. The zero-order valence-corrected chi connectivity index (χ0v) is 43.1. The van der Waals surface area contributed by atoms with Gasteiger partial charge in [0.25, 0.3) is 0 Å². The van der Waals surface area contributed by atoms with Gasteiger partial charge in [0.1, 0.15) is 73.2 Å². The predicted octanol–water partition coefficient (Wildman–Crippen LogP) is 0.836. The van der Waals surface area contributed by atoms with Crippen LogP contribution in [0.25, 0.3) is 0 Å². The van der Waals surface area contributed by atoms with Crippen LogP contribution in [0.1, 0.15) is 120 Å². The number of aliphatic hydroxyl groups is 10. The second kappa shape index (κ2) is 19.7. The lowest BCUT2D eigenvalue weighted by Crippen LogP contribution is -2.67. The third kappa shape index (κ3) is 8.78. The van der Waals surface area contributed by atoms with Crippen LogP contribution >= 0.6 is 0 Å². The van der Waals surface area contributed by atoms with Crippen molar-refractivity contribution in [2.45, 2.75) is 236 Å².